The lowest BCUT2D eigenvalue weighted by molar-refractivity contribution is 0.0943. The Bertz CT molecular complexity index is 543. The molecular formula is C13H14N2OS. The molecule has 1 aliphatic rings. The minimum Gasteiger partial charge on any atom is -0.360 e. The molecule has 1 amide bonds. The summed E-state index contributed by atoms with van der Waals surface area (Å²) < 4.78 is 0. The molecule has 1 aromatic heterocycles. The average molecular weight is 246 g/mol. The zero-order valence-corrected chi connectivity index (χ0v) is 10.2. The zero-order valence-electron chi connectivity index (χ0n) is 9.40. The maximum atomic E-state index is 12.1. The second-order valence-electron chi connectivity index (χ2n) is 4.28. The summed E-state index contributed by atoms with van der Waals surface area (Å²) in [6.45, 7) is 0. The second kappa shape index (κ2) is 4.45. The van der Waals surface area contributed by atoms with Crippen molar-refractivity contribution in [3.8, 4) is 0 Å². The van der Waals surface area contributed by atoms with Gasteiger partial charge in [0.25, 0.3) is 5.91 Å². The SMILES string of the molecule is O=C(NC1CCSC1)c1c[nH]c2ccccc12. The molecule has 1 atom stereocenters. The van der Waals surface area contributed by atoms with Crippen molar-refractivity contribution in [3.05, 3.63) is 36.0 Å². The fourth-order valence-corrected chi connectivity index (χ4v) is 3.32. The highest BCUT2D eigenvalue weighted by molar-refractivity contribution is 7.99. The third-order valence-corrected chi connectivity index (χ3v) is 4.26. The van der Waals surface area contributed by atoms with Gasteiger partial charge in [0, 0.05) is 28.9 Å². The second-order valence-corrected chi connectivity index (χ2v) is 5.43. The number of fused-ring (bicyclic) bond motifs is 1. The molecule has 4 heteroatoms. The number of H-pyrrole nitrogens is 1. The Morgan fingerprint density at radius 2 is 2.29 bits per heavy atom. The number of hydrogen-bond donors (Lipinski definition) is 2. The highest BCUT2D eigenvalue weighted by Crippen LogP contribution is 2.20. The van der Waals surface area contributed by atoms with Crippen LogP contribution in [0.25, 0.3) is 10.9 Å². The molecule has 0 aliphatic carbocycles. The standard InChI is InChI=1S/C13H14N2OS/c16-13(15-9-5-6-17-8-9)11-7-14-12-4-2-1-3-10(11)12/h1-4,7,9,14H,5-6,8H2,(H,15,16). The van der Waals surface area contributed by atoms with Gasteiger partial charge in [-0.2, -0.15) is 11.8 Å². The number of thioether (sulfide) groups is 1. The largest absolute Gasteiger partial charge is 0.360 e. The van der Waals surface area contributed by atoms with Crippen LogP contribution in [0, 0.1) is 0 Å². The number of aromatic amines is 1. The van der Waals surface area contributed by atoms with Crippen LogP contribution in [0.1, 0.15) is 16.8 Å². The van der Waals surface area contributed by atoms with Gasteiger partial charge in [-0.1, -0.05) is 18.2 Å². The van der Waals surface area contributed by atoms with Crippen LogP contribution in [0.3, 0.4) is 0 Å². The van der Waals surface area contributed by atoms with E-state index in [0.29, 0.717) is 6.04 Å². The van der Waals surface area contributed by atoms with Gasteiger partial charge in [-0.05, 0) is 18.2 Å². The Hall–Kier alpha value is -1.42. The first-order valence-electron chi connectivity index (χ1n) is 5.79. The van der Waals surface area contributed by atoms with Gasteiger partial charge in [0.2, 0.25) is 0 Å². The van der Waals surface area contributed by atoms with E-state index < -0.39 is 0 Å². The Balaban J connectivity index is 1.85. The van der Waals surface area contributed by atoms with E-state index in [2.05, 4.69) is 10.3 Å². The molecule has 2 aromatic rings. The fraction of sp³-hybridized carbons (Fsp3) is 0.308. The van der Waals surface area contributed by atoms with E-state index in [1.165, 1.54) is 0 Å². The Labute approximate surface area is 104 Å². The number of benzene rings is 1. The summed E-state index contributed by atoms with van der Waals surface area (Å²) in [4.78, 5) is 15.3. The van der Waals surface area contributed by atoms with Crippen LogP contribution < -0.4 is 5.32 Å². The summed E-state index contributed by atoms with van der Waals surface area (Å²) in [5, 5.41) is 4.09. The molecular weight excluding hydrogens is 232 g/mol. The van der Waals surface area contributed by atoms with E-state index >= 15 is 0 Å². The molecule has 2 N–H and O–H groups in total. The molecule has 1 fully saturated rings. The van der Waals surface area contributed by atoms with E-state index in [-0.39, 0.29) is 5.91 Å². The van der Waals surface area contributed by atoms with E-state index in [1.807, 2.05) is 36.0 Å². The van der Waals surface area contributed by atoms with Crippen molar-refractivity contribution in [2.45, 2.75) is 12.5 Å². The summed E-state index contributed by atoms with van der Waals surface area (Å²) in [7, 11) is 0. The lowest BCUT2D eigenvalue weighted by atomic mass is 10.1. The van der Waals surface area contributed by atoms with Crippen molar-refractivity contribution in [1.29, 1.82) is 0 Å². The van der Waals surface area contributed by atoms with Crippen molar-refractivity contribution >= 4 is 28.6 Å². The van der Waals surface area contributed by atoms with Crippen LogP contribution in [-0.2, 0) is 0 Å². The van der Waals surface area contributed by atoms with Gasteiger partial charge >= 0.3 is 0 Å². The Morgan fingerprint density at radius 3 is 3.12 bits per heavy atom. The number of rotatable bonds is 2. The molecule has 2 heterocycles. The van der Waals surface area contributed by atoms with Gasteiger partial charge in [0.15, 0.2) is 0 Å². The highest BCUT2D eigenvalue weighted by Gasteiger charge is 2.19. The predicted molar refractivity (Wildman–Crippen MR) is 71.5 cm³/mol. The number of hydrogen-bond acceptors (Lipinski definition) is 2. The lowest BCUT2D eigenvalue weighted by Crippen LogP contribution is -2.34. The van der Waals surface area contributed by atoms with E-state index in [9.17, 15) is 4.79 Å². The van der Waals surface area contributed by atoms with Gasteiger partial charge in [0.1, 0.15) is 0 Å². The zero-order chi connectivity index (χ0) is 11.7. The fourth-order valence-electron chi connectivity index (χ4n) is 2.17. The quantitative estimate of drug-likeness (QED) is 0.854. The summed E-state index contributed by atoms with van der Waals surface area (Å²) in [6.07, 6.45) is 2.88. The van der Waals surface area contributed by atoms with Crippen molar-refractivity contribution in [2.24, 2.45) is 0 Å². The van der Waals surface area contributed by atoms with E-state index in [4.69, 9.17) is 0 Å². The van der Waals surface area contributed by atoms with Crippen molar-refractivity contribution in [2.75, 3.05) is 11.5 Å². The molecule has 0 bridgehead atoms. The number of aromatic nitrogens is 1. The Kier molecular flexibility index (Phi) is 2.81. The predicted octanol–water partition coefficient (Wildman–Crippen LogP) is 2.40. The first-order valence-corrected chi connectivity index (χ1v) is 6.95. The van der Waals surface area contributed by atoms with Crippen LogP contribution >= 0.6 is 11.8 Å². The minimum absolute atomic E-state index is 0.0370. The molecule has 17 heavy (non-hydrogen) atoms. The molecule has 1 aromatic carbocycles. The van der Waals surface area contributed by atoms with E-state index in [0.717, 1.165) is 34.4 Å². The highest BCUT2D eigenvalue weighted by atomic mass is 32.2. The molecule has 1 aliphatic heterocycles. The smallest absolute Gasteiger partial charge is 0.253 e. The monoisotopic (exact) mass is 246 g/mol. The van der Waals surface area contributed by atoms with Crippen LogP contribution in [0.15, 0.2) is 30.5 Å². The summed E-state index contributed by atoms with van der Waals surface area (Å²) >= 11 is 1.90. The third kappa shape index (κ3) is 2.05. The van der Waals surface area contributed by atoms with Crippen molar-refractivity contribution in [1.82, 2.24) is 10.3 Å². The number of nitrogens with one attached hydrogen (secondary N) is 2. The van der Waals surface area contributed by atoms with Crippen LogP contribution in [0.2, 0.25) is 0 Å². The number of para-hydroxylation sites is 1. The van der Waals surface area contributed by atoms with Gasteiger partial charge in [0.05, 0.1) is 5.56 Å². The van der Waals surface area contributed by atoms with Crippen LogP contribution in [-0.4, -0.2) is 28.4 Å². The lowest BCUT2D eigenvalue weighted by Gasteiger charge is -2.10. The first kappa shape index (κ1) is 10.7. The van der Waals surface area contributed by atoms with E-state index in [1.54, 1.807) is 6.20 Å². The molecule has 0 spiro atoms. The number of carbonyl (C=O) groups is 1. The topological polar surface area (TPSA) is 44.9 Å². The Morgan fingerprint density at radius 1 is 1.41 bits per heavy atom. The molecule has 1 unspecified atom stereocenters. The summed E-state index contributed by atoms with van der Waals surface area (Å²) in [6, 6.07) is 8.22. The maximum absolute atomic E-state index is 12.1. The minimum atomic E-state index is 0.0370. The molecule has 3 nitrogen and oxygen atoms in total. The summed E-state index contributed by atoms with van der Waals surface area (Å²) in [5.74, 6) is 2.22. The molecule has 88 valence electrons. The van der Waals surface area contributed by atoms with Gasteiger partial charge < -0.3 is 10.3 Å². The number of amides is 1. The van der Waals surface area contributed by atoms with Crippen LogP contribution in [0.5, 0.6) is 0 Å². The molecule has 1 saturated heterocycles. The molecule has 0 radical (unpaired) electrons. The van der Waals surface area contributed by atoms with Crippen molar-refractivity contribution in [3.63, 3.8) is 0 Å². The van der Waals surface area contributed by atoms with Gasteiger partial charge in [-0.3, -0.25) is 4.79 Å². The molecule has 0 saturated carbocycles. The first-order chi connectivity index (χ1) is 8.34. The number of carbonyl (C=O) groups excluding carboxylic acids is 1. The van der Waals surface area contributed by atoms with Gasteiger partial charge in [-0.25, -0.2) is 0 Å². The molecule has 3 rings (SSSR count). The summed E-state index contributed by atoms with van der Waals surface area (Å²) in [5.41, 5.74) is 1.76. The maximum Gasteiger partial charge on any atom is 0.253 e. The average Bonchev–Trinajstić information content (AvgIpc) is 2.96. The van der Waals surface area contributed by atoms with Crippen LogP contribution in [0.4, 0.5) is 0 Å². The normalized spacial score (nSPS) is 19.6. The third-order valence-electron chi connectivity index (χ3n) is 3.10. The van der Waals surface area contributed by atoms with Gasteiger partial charge in [-0.15, -0.1) is 0 Å². The van der Waals surface area contributed by atoms with Crippen molar-refractivity contribution < 1.29 is 4.79 Å².